The topological polar surface area (TPSA) is 81.5 Å². The molecule has 1 N–H and O–H groups in total. The van der Waals surface area contributed by atoms with E-state index >= 15 is 0 Å². The molecule has 0 aromatic heterocycles. The molecular weight excluding hydrogens is 272 g/mol. The van der Waals surface area contributed by atoms with Crippen LogP contribution >= 0.6 is 0 Å². The molecule has 0 radical (unpaired) electrons. The van der Waals surface area contributed by atoms with Crippen molar-refractivity contribution in [2.24, 2.45) is 0 Å². The third-order valence-corrected chi connectivity index (χ3v) is 2.83. The summed E-state index contributed by atoms with van der Waals surface area (Å²) in [6, 6.07) is 13.3. The second-order valence-corrected chi connectivity index (χ2v) is 4.17. The molecule has 0 atom stereocenters. The second-order valence-electron chi connectivity index (χ2n) is 4.17. The molecule has 0 fully saturated rings. The molecule has 6 nitrogen and oxygen atoms in total. The van der Waals surface area contributed by atoms with E-state index in [4.69, 9.17) is 4.74 Å². The predicted molar refractivity (Wildman–Crippen MR) is 79.2 cm³/mol. The van der Waals surface area contributed by atoms with E-state index in [9.17, 15) is 14.9 Å². The third-order valence-electron chi connectivity index (χ3n) is 2.83. The smallest absolute Gasteiger partial charge is 0.411 e. The SMILES string of the molecule is CCOC(=O)Nc1ccccc1-c1ccccc1[N+](=O)[O-]. The largest absolute Gasteiger partial charge is 0.450 e. The number of nitro groups is 1. The number of benzene rings is 2. The molecule has 0 saturated heterocycles. The average molecular weight is 286 g/mol. The van der Waals surface area contributed by atoms with E-state index in [1.165, 1.54) is 6.07 Å². The van der Waals surface area contributed by atoms with Gasteiger partial charge in [-0.3, -0.25) is 15.4 Å². The highest BCUT2D eigenvalue weighted by Crippen LogP contribution is 2.34. The normalized spacial score (nSPS) is 9.95. The Bertz CT molecular complexity index is 670. The first-order valence-corrected chi connectivity index (χ1v) is 6.40. The Hall–Kier alpha value is -2.89. The van der Waals surface area contributed by atoms with Crippen molar-refractivity contribution in [2.75, 3.05) is 11.9 Å². The van der Waals surface area contributed by atoms with Gasteiger partial charge in [0.2, 0.25) is 0 Å². The molecule has 1 amide bonds. The summed E-state index contributed by atoms with van der Waals surface area (Å²) in [5.41, 5.74) is 1.45. The number of para-hydroxylation sites is 2. The van der Waals surface area contributed by atoms with E-state index < -0.39 is 11.0 Å². The van der Waals surface area contributed by atoms with Crippen molar-refractivity contribution < 1.29 is 14.5 Å². The highest BCUT2D eigenvalue weighted by atomic mass is 16.6. The minimum atomic E-state index is -0.594. The Labute approximate surface area is 121 Å². The van der Waals surface area contributed by atoms with Crippen molar-refractivity contribution >= 4 is 17.5 Å². The zero-order valence-corrected chi connectivity index (χ0v) is 11.4. The van der Waals surface area contributed by atoms with Gasteiger partial charge in [-0.05, 0) is 19.1 Å². The predicted octanol–water partition coefficient (Wildman–Crippen LogP) is 3.83. The van der Waals surface area contributed by atoms with E-state index in [0.29, 0.717) is 16.8 Å². The van der Waals surface area contributed by atoms with Crippen LogP contribution in [0.15, 0.2) is 48.5 Å². The van der Waals surface area contributed by atoms with Gasteiger partial charge in [0.05, 0.1) is 22.8 Å². The fraction of sp³-hybridized carbons (Fsp3) is 0.133. The molecule has 0 bridgehead atoms. The van der Waals surface area contributed by atoms with Crippen LogP contribution in [0.2, 0.25) is 0 Å². The molecule has 0 saturated carbocycles. The summed E-state index contributed by atoms with van der Waals surface area (Å²) in [7, 11) is 0. The van der Waals surface area contributed by atoms with Crippen LogP contribution in [0.1, 0.15) is 6.92 Å². The van der Waals surface area contributed by atoms with Crippen LogP contribution in [0, 0.1) is 10.1 Å². The van der Waals surface area contributed by atoms with E-state index in [1.54, 1.807) is 49.4 Å². The van der Waals surface area contributed by atoms with Gasteiger partial charge in [-0.2, -0.15) is 0 Å². The van der Waals surface area contributed by atoms with Gasteiger partial charge in [-0.15, -0.1) is 0 Å². The number of nitro benzene ring substituents is 1. The third kappa shape index (κ3) is 3.36. The molecule has 21 heavy (non-hydrogen) atoms. The van der Waals surface area contributed by atoms with Crippen molar-refractivity contribution in [3.8, 4) is 11.1 Å². The Kier molecular flexibility index (Phi) is 4.50. The molecule has 0 unspecified atom stereocenters. The number of nitrogens with zero attached hydrogens (tertiary/aromatic N) is 1. The number of amides is 1. The van der Waals surface area contributed by atoms with Gasteiger partial charge >= 0.3 is 6.09 Å². The van der Waals surface area contributed by atoms with Crippen LogP contribution in [0.5, 0.6) is 0 Å². The van der Waals surface area contributed by atoms with Gasteiger partial charge in [0.1, 0.15) is 0 Å². The first kappa shape index (κ1) is 14.5. The van der Waals surface area contributed by atoms with E-state index in [-0.39, 0.29) is 12.3 Å². The van der Waals surface area contributed by atoms with Crippen LogP contribution in [-0.4, -0.2) is 17.6 Å². The number of carbonyl (C=O) groups excluding carboxylic acids is 1. The number of anilines is 1. The summed E-state index contributed by atoms with van der Waals surface area (Å²) in [6.45, 7) is 1.95. The molecule has 2 aromatic carbocycles. The maximum Gasteiger partial charge on any atom is 0.411 e. The zero-order valence-electron chi connectivity index (χ0n) is 11.4. The zero-order chi connectivity index (χ0) is 15.2. The van der Waals surface area contributed by atoms with Crippen LogP contribution in [0.4, 0.5) is 16.2 Å². The number of hydrogen-bond donors (Lipinski definition) is 1. The van der Waals surface area contributed by atoms with Crippen molar-refractivity contribution in [3.63, 3.8) is 0 Å². The standard InChI is InChI=1S/C15H14N2O4/c1-2-21-15(18)16-13-9-5-3-7-11(13)12-8-4-6-10-14(12)17(19)20/h3-10H,2H2,1H3,(H,16,18). The van der Waals surface area contributed by atoms with Gasteiger partial charge in [-0.25, -0.2) is 4.79 Å². The summed E-state index contributed by atoms with van der Waals surface area (Å²) >= 11 is 0. The number of carbonyl (C=O) groups is 1. The summed E-state index contributed by atoms with van der Waals surface area (Å²) in [5, 5.41) is 13.7. The second kappa shape index (κ2) is 6.51. The Balaban J connectivity index is 2.45. The minimum absolute atomic E-state index is 0.0180. The van der Waals surface area contributed by atoms with Crippen LogP contribution in [0.3, 0.4) is 0 Å². The number of hydrogen-bond acceptors (Lipinski definition) is 4. The number of rotatable bonds is 4. The van der Waals surface area contributed by atoms with Gasteiger partial charge in [0.25, 0.3) is 5.69 Å². The first-order valence-electron chi connectivity index (χ1n) is 6.40. The van der Waals surface area contributed by atoms with Gasteiger partial charge in [-0.1, -0.05) is 30.3 Å². The average Bonchev–Trinajstić information content (AvgIpc) is 2.48. The summed E-state index contributed by atoms with van der Waals surface area (Å²) in [4.78, 5) is 22.2. The lowest BCUT2D eigenvalue weighted by molar-refractivity contribution is -0.384. The van der Waals surface area contributed by atoms with E-state index in [2.05, 4.69) is 5.32 Å². The van der Waals surface area contributed by atoms with E-state index in [1.807, 2.05) is 0 Å². The van der Waals surface area contributed by atoms with E-state index in [0.717, 1.165) is 0 Å². The van der Waals surface area contributed by atoms with Crippen LogP contribution in [-0.2, 0) is 4.74 Å². The lowest BCUT2D eigenvalue weighted by Crippen LogP contribution is -2.14. The van der Waals surface area contributed by atoms with Crippen LogP contribution < -0.4 is 5.32 Å². The highest BCUT2D eigenvalue weighted by Gasteiger charge is 2.17. The molecule has 0 heterocycles. The molecule has 2 aromatic rings. The fourth-order valence-corrected chi connectivity index (χ4v) is 1.96. The highest BCUT2D eigenvalue weighted by molar-refractivity contribution is 5.93. The molecular formula is C15H14N2O4. The lowest BCUT2D eigenvalue weighted by atomic mass is 10.0. The van der Waals surface area contributed by atoms with Crippen molar-refractivity contribution in [1.82, 2.24) is 0 Å². The summed E-state index contributed by atoms with van der Waals surface area (Å²) in [5.74, 6) is 0. The molecule has 108 valence electrons. The lowest BCUT2D eigenvalue weighted by Gasteiger charge is -2.11. The quantitative estimate of drug-likeness (QED) is 0.684. The molecule has 2 rings (SSSR count). The van der Waals surface area contributed by atoms with Crippen molar-refractivity contribution in [3.05, 3.63) is 58.6 Å². The summed E-state index contributed by atoms with van der Waals surface area (Å²) in [6.07, 6.45) is -0.594. The maximum absolute atomic E-state index is 11.5. The summed E-state index contributed by atoms with van der Waals surface area (Å²) < 4.78 is 4.83. The minimum Gasteiger partial charge on any atom is -0.450 e. The molecule has 0 aliphatic heterocycles. The Morgan fingerprint density at radius 1 is 1.14 bits per heavy atom. The molecule has 0 spiro atoms. The van der Waals surface area contributed by atoms with Crippen LogP contribution in [0.25, 0.3) is 11.1 Å². The molecule has 0 aliphatic rings. The number of ether oxygens (including phenoxy) is 1. The number of nitrogens with one attached hydrogen (secondary N) is 1. The van der Waals surface area contributed by atoms with Gasteiger partial charge in [0, 0.05) is 11.6 Å². The van der Waals surface area contributed by atoms with Crippen molar-refractivity contribution in [2.45, 2.75) is 6.92 Å². The monoisotopic (exact) mass is 286 g/mol. The fourth-order valence-electron chi connectivity index (χ4n) is 1.96. The Morgan fingerprint density at radius 3 is 2.43 bits per heavy atom. The first-order chi connectivity index (χ1) is 10.1. The van der Waals surface area contributed by atoms with Gasteiger partial charge in [0.15, 0.2) is 0 Å². The Morgan fingerprint density at radius 2 is 1.76 bits per heavy atom. The molecule has 0 aliphatic carbocycles. The maximum atomic E-state index is 11.5. The molecule has 6 heteroatoms. The van der Waals surface area contributed by atoms with Crippen molar-refractivity contribution in [1.29, 1.82) is 0 Å². The van der Waals surface area contributed by atoms with Gasteiger partial charge < -0.3 is 4.74 Å².